The average Bonchev–Trinajstić information content (AvgIpc) is 2.60. The Hall–Kier alpha value is -3.48. The first kappa shape index (κ1) is 17.3. The van der Waals surface area contributed by atoms with Gasteiger partial charge in [0.1, 0.15) is 11.4 Å². The fourth-order valence-electron chi connectivity index (χ4n) is 2.84. The molecule has 0 aliphatic rings. The van der Waals surface area contributed by atoms with Crippen LogP contribution in [0, 0.1) is 31.4 Å². The van der Waals surface area contributed by atoms with Crippen molar-refractivity contribution < 1.29 is 9.47 Å². The third-order valence-corrected chi connectivity index (χ3v) is 4.22. The zero-order chi connectivity index (χ0) is 18.8. The highest BCUT2D eigenvalue weighted by Crippen LogP contribution is 2.32. The Balaban J connectivity index is 2.01. The maximum atomic E-state index is 11.9. The number of hydrogen-bond donors (Lipinski definition) is 2. The van der Waals surface area contributed by atoms with Crippen LogP contribution in [0.1, 0.15) is 22.5 Å². The molecule has 2 heterocycles. The van der Waals surface area contributed by atoms with Crippen molar-refractivity contribution in [3.8, 4) is 22.8 Å². The Morgan fingerprint density at radius 1 is 1.19 bits per heavy atom. The van der Waals surface area contributed by atoms with E-state index >= 15 is 0 Å². The fraction of sp³-hybridized carbons (Fsp3) is 0.158. The highest BCUT2D eigenvalue weighted by Gasteiger charge is 2.17. The molecule has 7 heteroatoms. The lowest BCUT2D eigenvalue weighted by Gasteiger charge is -2.14. The van der Waals surface area contributed by atoms with E-state index in [9.17, 15) is 5.21 Å². The van der Waals surface area contributed by atoms with E-state index in [0.29, 0.717) is 22.7 Å². The number of nitrogens with two attached hydrogens (primary N) is 1. The smallest absolute Gasteiger partial charge is 0.289 e. The molecule has 0 aliphatic carbocycles. The van der Waals surface area contributed by atoms with Gasteiger partial charge in [0, 0.05) is 25.0 Å². The topological polar surface area (TPSA) is 112 Å². The van der Waals surface area contributed by atoms with Gasteiger partial charge in [0.25, 0.3) is 6.33 Å². The van der Waals surface area contributed by atoms with Gasteiger partial charge in [-0.25, -0.2) is 9.71 Å². The van der Waals surface area contributed by atoms with Crippen molar-refractivity contribution in [1.29, 1.82) is 5.41 Å². The molecule has 3 rings (SSSR count). The van der Waals surface area contributed by atoms with Crippen molar-refractivity contribution in [3.05, 3.63) is 64.5 Å². The summed E-state index contributed by atoms with van der Waals surface area (Å²) in [5, 5.41) is 19.4. The summed E-state index contributed by atoms with van der Waals surface area (Å²) < 4.78 is 6.58. The number of aromatic nitrogens is 3. The van der Waals surface area contributed by atoms with E-state index in [1.165, 1.54) is 12.5 Å². The van der Waals surface area contributed by atoms with Crippen LogP contribution < -0.4 is 15.2 Å². The Morgan fingerprint density at radius 2 is 1.96 bits per heavy atom. The number of ether oxygens (including phenoxy) is 1. The molecule has 26 heavy (non-hydrogen) atoms. The molecular weight excluding hydrogens is 330 g/mol. The van der Waals surface area contributed by atoms with E-state index in [0.717, 1.165) is 33.3 Å². The number of pyridine rings is 1. The van der Waals surface area contributed by atoms with Crippen LogP contribution in [-0.2, 0) is 0 Å². The van der Waals surface area contributed by atoms with Gasteiger partial charge in [-0.05, 0) is 43.2 Å². The molecule has 132 valence electrons. The van der Waals surface area contributed by atoms with Gasteiger partial charge in [0.15, 0.2) is 5.69 Å². The van der Waals surface area contributed by atoms with E-state index in [1.54, 1.807) is 19.1 Å². The lowest BCUT2D eigenvalue weighted by molar-refractivity contribution is -0.615. The predicted molar refractivity (Wildman–Crippen MR) is 99.5 cm³/mol. The van der Waals surface area contributed by atoms with Gasteiger partial charge in [-0.15, -0.1) is 0 Å². The second-order valence-electron chi connectivity index (χ2n) is 5.96. The molecule has 0 amide bonds. The van der Waals surface area contributed by atoms with Crippen LogP contribution in [0.2, 0.25) is 0 Å². The largest absolute Gasteiger partial charge is 0.711 e. The van der Waals surface area contributed by atoms with E-state index in [2.05, 4.69) is 9.97 Å². The number of benzene rings is 1. The summed E-state index contributed by atoms with van der Waals surface area (Å²) in [6.07, 6.45) is 3.92. The highest BCUT2D eigenvalue weighted by molar-refractivity contribution is 5.87. The summed E-state index contributed by atoms with van der Waals surface area (Å²) in [6, 6.07) is 7.16. The van der Waals surface area contributed by atoms with Crippen LogP contribution in [0.3, 0.4) is 0 Å². The average molecular weight is 349 g/mol. The van der Waals surface area contributed by atoms with Crippen LogP contribution in [0.15, 0.2) is 36.8 Å². The number of nitrogens with zero attached hydrogens (tertiary/aromatic N) is 3. The SMILES string of the molecule is Cc1cc(Oc2nccc(N)c2C=N)ccc1-c1c(C)nc[n+]([O-])c1C. The standard InChI is InChI=1S/C19H19N5O2/c1-11-8-14(26-19-16(9-20)17(21)6-7-22-19)4-5-15(11)18-12(2)23-10-24(25)13(18)3/h4-10,20H,1-3H3,(H2,21,22). The van der Waals surface area contributed by atoms with Crippen molar-refractivity contribution in [2.24, 2.45) is 0 Å². The minimum atomic E-state index is 0.276. The number of nitrogens with one attached hydrogen (secondary N) is 1. The van der Waals surface area contributed by atoms with Crippen molar-refractivity contribution in [2.45, 2.75) is 20.8 Å². The number of rotatable bonds is 4. The molecule has 0 bridgehead atoms. The van der Waals surface area contributed by atoms with Gasteiger partial charge >= 0.3 is 0 Å². The zero-order valence-electron chi connectivity index (χ0n) is 14.8. The first-order chi connectivity index (χ1) is 12.4. The second kappa shape index (κ2) is 6.79. The molecule has 0 aliphatic heterocycles. The summed E-state index contributed by atoms with van der Waals surface area (Å²) in [6.45, 7) is 5.58. The predicted octanol–water partition coefficient (Wildman–Crippen LogP) is 3.07. The molecule has 2 aromatic heterocycles. The molecule has 0 radical (unpaired) electrons. The van der Waals surface area contributed by atoms with Crippen LogP contribution in [0.5, 0.6) is 11.6 Å². The molecule has 0 fully saturated rings. The van der Waals surface area contributed by atoms with Gasteiger partial charge in [-0.2, -0.15) is 0 Å². The highest BCUT2D eigenvalue weighted by atomic mass is 16.5. The van der Waals surface area contributed by atoms with Crippen LogP contribution >= 0.6 is 0 Å². The first-order valence-electron chi connectivity index (χ1n) is 8.01. The monoisotopic (exact) mass is 349 g/mol. The first-order valence-corrected chi connectivity index (χ1v) is 8.01. The molecule has 3 N–H and O–H groups in total. The Bertz CT molecular complexity index is 1000. The molecule has 3 aromatic rings. The van der Waals surface area contributed by atoms with Crippen molar-refractivity contribution in [1.82, 2.24) is 9.97 Å². The Morgan fingerprint density at radius 3 is 2.65 bits per heavy atom. The molecule has 0 atom stereocenters. The van der Waals surface area contributed by atoms with Crippen LogP contribution in [0.4, 0.5) is 5.69 Å². The molecule has 0 unspecified atom stereocenters. The molecule has 0 saturated carbocycles. The molecule has 0 saturated heterocycles. The number of aryl methyl sites for hydroxylation is 2. The molecular formula is C19H19N5O2. The van der Waals surface area contributed by atoms with Gasteiger partial charge in [-0.1, -0.05) is 11.1 Å². The zero-order valence-corrected chi connectivity index (χ0v) is 14.8. The lowest BCUT2D eigenvalue weighted by atomic mass is 9.98. The third-order valence-electron chi connectivity index (χ3n) is 4.22. The van der Waals surface area contributed by atoms with E-state index in [4.69, 9.17) is 15.9 Å². The van der Waals surface area contributed by atoms with Crippen molar-refractivity contribution in [2.75, 3.05) is 5.73 Å². The summed E-state index contributed by atoms with van der Waals surface area (Å²) >= 11 is 0. The fourth-order valence-corrected chi connectivity index (χ4v) is 2.84. The van der Waals surface area contributed by atoms with Gasteiger partial charge in [-0.3, -0.25) is 0 Å². The maximum Gasteiger partial charge on any atom is 0.289 e. The molecule has 7 nitrogen and oxygen atoms in total. The number of nitrogen functional groups attached to an aromatic ring is 1. The Labute approximate surface area is 151 Å². The quantitative estimate of drug-likeness (QED) is 0.427. The Kier molecular flexibility index (Phi) is 4.53. The number of anilines is 1. The molecule has 0 spiro atoms. The summed E-state index contributed by atoms with van der Waals surface area (Å²) in [4.78, 5) is 8.30. The number of hydrogen-bond acceptors (Lipinski definition) is 6. The lowest BCUT2D eigenvalue weighted by Crippen LogP contribution is -2.31. The van der Waals surface area contributed by atoms with Crippen LogP contribution in [0.25, 0.3) is 11.1 Å². The summed E-state index contributed by atoms with van der Waals surface area (Å²) in [5.41, 5.74) is 10.8. The normalized spacial score (nSPS) is 10.6. The van der Waals surface area contributed by atoms with Crippen molar-refractivity contribution in [3.63, 3.8) is 0 Å². The van der Waals surface area contributed by atoms with Crippen molar-refractivity contribution >= 4 is 11.9 Å². The molecule has 1 aromatic carbocycles. The van der Waals surface area contributed by atoms with E-state index in [1.807, 2.05) is 26.0 Å². The van der Waals surface area contributed by atoms with Gasteiger partial charge in [0.05, 0.1) is 11.1 Å². The maximum absolute atomic E-state index is 11.9. The minimum absolute atomic E-state index is 0.276. The summed E-state index contributed by atoms with van der Waals surface area (Å²) in [7, 11) is 0. The second-order valence-corrected chi connectivity index (χ2v) is 5.96. The van der Waals surface area contributed by atoms with Gasteiger partial charge in [0.2, 0.25) is 5.88 Å². The van der Waals surface area contributed by atoms with E-state index in [-0.39, 0.29) is 5.88 Å². The third kappa shape index (κ3) is 3.06. The van der Waals surface area contributed by atoms with Crippen LogP contribution in [-0.4, -0.2) is 16.2 Å². The minimum Gasteiger partial charge on any atom is -0.711 e. The van der Waals surface area contributed by atoms with Gasteiger partial charge < -0.3 is 21.1 Å². The van der Waals surface area contributed by atoms with E-state index < -0.39 is 0 Å². The summed E-state index contributed by atoms with van der Waals surface area (Å²) in [5.74, 6) is 0.847.